The van der Waals surface area contributed by atoms with E-state index in [2.05, 4.69) is 10.4 Å². The fraction of sp³-hybridized carbons (Fsp3) is 0.583. The summed E-state index contributed by atoms with van der Waals surface area (Å²) in [5.74, 6) is -0.171. The summed E-state index contributed by atoms with van der Waals surface area (Å²) in [5.41, 5.74) is 0.888. The van der Waals surface area contributed by atoms with Crippen molar-refractivity contribution < 1.29 is 9.59 Å². The van der Waals surface area contributed by atoms with Gasteiger partial charge in [-0.25, -0.2) is 0 Å². The molecule has 0 radical (unpaired) electrons. The van der Waals surface area contributed by atoms with Crippen molar-refractivity contribution in [3.8, 4) is 0 Å². The zero-order valence-electron chi connectivity index (χ0n) is 10.9. The summed E-state index contributed by atoms with van der Waals surface area (Å²) < 4.78 is 1.72. The van der Waals surface area contributed by atoms with Gasteiger partial charge in [-0.1, -0.05) is 0 Å². The Kier molecular flexibility index (Phi) is 3.36. The number of nitrogens with one attached hydrogen (secondary N) is 1. The lowest BCUT2D eigenvalue weighted by atomic mass is 9.86. The van der Waals surface area contributed by atoms with E-state index in [1.165, 1.54) is 0 Å². The van der Waals surface area contributed by atoms with Crippen LogP contribution in [0.1, 0.15) is 24.6 Å². The molecule has 2 heterocycles. The number of piperidine rings is 1. The quantitative estimate of drug-likeness (QED) is 0.808. The van der Waals surface area contributed by atoms with Crippen molar-refractivity contribution in [1.29, 1.82) is 0 Å². The van der Waals surface area contributed by atoms with Gasteiger partial charge < -0.3 is 10.2 Å². The maximum atomic E-state index is 12.0. The molecule has 1 aromatic heterocycles. The molecule has 1 aliphatic rings. The van der Waals surface area contributed by atoms with Gasteiger partial charge in [-0.05, 0) is 12.5 Å². The number of aryl methyl sites for hydroxylation is 1. The van der Waals surface area contributed by atoms with E-state index in [1.54, 1.807) is 29.9 Å². The molecule has 0 aliphatic carbocycles. The first-order valence-electron chi connectivity index (χ1n) is 6.01. The standard InChI is InChI=1S/C12H18N4O2/c1-13-12(18)8-4-5-10(17)15(2)11(8)9-6-7-14-16(9)3/h6-8,11H,4-5H2,1-3H3,(H,13,18)/t8-,11-/m1/s1. The highest BCUT2D eigenvalue weighted by Crippen LogP contribution is 2.35. The number of nitrogens with zero attached hydrogens (tertiary/aromatic N) is 3. The van der Waals surface area contributed by atoms with Crippen LogP contribution in [0.2, 0.25) is 0 Å². The minimum absolute atomic E-state index is 0.0273. The summed E-state index contributed by atoms with van der Waals surface area (Å²) in [4.78, 5) is 25.4. The normalized spacial score (nSPS) is 24.2. The molecule has 2 atom stereocenters. The average molecular weight is 250 g/mol. The minimum atomic E-state index is -0.237. The highest BCUT2D eigenvalue weighted by Gasteiger charge is 2.39. The zero-order valence-corrected chi connectivity index (χ0v) is 10.9. The van der Waals surface area contributed by atoms with E-state index in [4.69, 9.17) is 0 Å². The van der Waals surface area contributed by atoms with E-state index in [0.29, 0.717) is 12.8 Å². The van der Waals surface area contributed by atoms with Gasteiger partial charge >= 0.3 is 0 Å². The molecule has 0 aromatic carbocycles. The van der Waals surface area contributed by atoms with Gasteiger partial charge in [0.15, 0.2) is 0 Å². The molecule has 1 saturated heterocycles. The lowest BCUT2D eigenvalue weighted by Gasteiger charge is -2.37. The fourth-order valence-electron chi connectivity index (χ4n) is 2.58. The molecular weight excluding hydrogens is 232 g/mol. The maximum Gasteiger partial charge on any atom is 0.225 e. The van der Waals surface area contributed by atoms with Gasteiger partial charge in [0.05, 0.1) is 17.7 Å². The summed E-state index contributed by atoms with van der Waals surface area (Å²) in [6, 6.07) is 1.62. The summed E-state index contributed by atoms with van der Waals surface area (Å²) in [5, 5.41) is 6.79. The predicted octanol–water partition coefficient (Wildman–Crippen LogP) is 0.0756. The number of likely N-dealkylation sites (tertiary alicyclic amines) is 1. The molecule has 2 rings (SSSR count). The van der Waals surface area contributed by atoms with Crippen LogP contribution >= 0.6 is 0 Å². The highest BCUT2D eigenvalue weighted by molar-refractivity contribution is 5.84. The van der Waals surface area contributed by atoms with Crippen LogP contribution in [0.3, 0.4) is 0 Å². The van der Waals surface area contributed by atoms with Crippen LogP contribution in [0.25, 0.3) is 0 Å². The second kappa shape index (κ2) is 4.80. The van der Waals surface area contributed by atoms with Gasteiger partial charge in [-0.15, -0.1) is 0 Å². The van der Waals surface area contributed by atoms with Gasteiger partial charge in [0, 0.05) is 33.8 Å². The average Bonchev–Trinajstić information content (AvgIpc) is 2.77. The number of rotatable bonds is 2. The molecule has 2 amide bonds. The largest absolute Gasteiger partial charge is 0.359 e. The Balaban J connectivity index is 2.38. The van der Waals surface area contributed by atoms with Crippen LogP contribution < -0.4 is 5.32 Å². The predicted molar refractivity (Wildman–Crippen MR) is 65.5 cm³/mol. The Morgan fingerprint density at radius 2 is 2.22 bits per heavy atom. The van der Waals surface area contributed by atoms with E-state index in [1.807, 2.05) is 13.1 Å². The van der Waals surface area contributed by atoms with Gasteiger partial charge in [-0.3, -0.25) is 14.3 Å². The number of carbonyl (C=O) groups excluding carboxylic acids is 2. The van der Waals surface area contributed by atoms with Crippen molar-refractivity contribution >= 4 is 11.8 Å². The highest BCUT2D eigenvalue weighted by atomic mass is 16.2. The van der Waals surface area contributed by atoms with Crippen LogP contribution in [0.5, 0.6) is 0 Å². The first-order chi connectivity index (χ1) is 8.56. The van der Waals surface area contributed by atoms with Crippen molar-refractivity contribution in [3.63, 3.8) is 0 Å². The Hall–Kier alpha value is -1.85. The second-order valence-electron chi connectivity index (χ2n) is 4.59. The lowest BCUT2D eigenvalue weighted by molar-refractivity contribution is -0.141. The Morgan fingerprint density at radius 1 is 1.50 bits per heavy atom. The molecule has 0 saturated carbocycles. The van der Waals surface area contributed by atoms with Gasteiger partial charge in [-0.2, -0.15) is 5.10 Å². The number of hydrogen-bond donors (Lipinski definition) is 1. The van der Waals surface area contributed by atoms with Crippen molar-refractivity contribution in [2.75, 3.05) is 14.1 Å². The number of aromatic nitrogens is 2. The zero-order chi connectivity index (χ0) is 13.3. The smallest absolute Gasteiger partial charge is 0.225 e. The van der Waals surface area contributed by atoms with E-state index >= 15 is 0 Å². The molecule has 18 heavy (non-hydrogen) atoms. The van der Waals surface area contributed by atoms with E-state index in [-0.39, 0.29) is 23.8 Å². The van der Waals surface area contributed by atoms with Gasteiger partial charge in [0.2, 0.25) is 11.8 Å². The molecule has 6 heteroatoms. The van der Waals surface area contributed by atoms with Crippen molar-refractivity contribution in [3.05, 3.63) is 18.0 Å². The minimum Gasteiger partial charge on any atom is -0.359 e. The second-order valence-corrected chi connectivity index (χ2v) is 4.59. The summed E-state index contributed by atoms with van der Waals surface area (Å²) in [7, 11) is 5.19. The van der Waals surface area contributed by atoms with Gasteiger partial charge in [0.25, 0.3) is 0 Å². The SMILES string of the molecule is CNC(=O)[C@@H]1CCC(=O)N(C)[C@H]1c1ccnn1C. The summed E-state index contributed by atoms with van der Waals surface area (Å²) in [6.45, 7) is 0. The molecule has 98 valence electrons. The molecule has 1 aromatic rings. The lowest BCUT2D eigenvalue weighted by Crippen LogP contribution is -2.46. The van der Waals surface area contributed by atoms with Crippen molar-refractivity contribution in [2.45, 2.75) is 18.9 Å². The van der Waals surface area contributed by atoms with Crippen LogP contribution in [0.4, 0.5) is 0 Å². The molecule has 0 bridgehead atoms. The third-order valence-electron chi connectivity index (χ3n) is 3.61. The number of hydrogen-bond acceptors (Lipinski definition) is 3. The maximum absolute atomic E-state index is 12.0. The first-order valence-corrected chi connectivity index (χ1v) is 6.01. The topological polar surface area (TPSA) is 67.2 Å². The fourth-order valence-corrected chi connectivity index (χ4v) is 2.58. The molecule has 1 aliphatic heterocycles. The third-order valence-corrected chi connectivity index (χ3v) is 3.61. The summed E-state index contributed by atoms with van der Waals surface area (Å²) in [6.07, 6.45) is 2.69. The number of amides is 2. The van der Waals surface area contributed by atoms with Crippen LogP contribution in [0.15, 0.2) is 12.3 Å². The van der Waals surface area contributed by atoms with Crippen LogP contribution in [0, 0.1) is 5.92 Å². The monoisotopic (exact) mass is 250 g/mol. The molecule has 0 spiro atoms. The van der Waals surface area contributed by atoms with E-state index < -0.39 is 0 Å². The van der Waals surface area contributed by atoms with Crippen LogP contribution in [-0.2, 0) is 16.6 Å². The molecule has 6 nitrogen and oxygen atoms in total. The first kappa shape index (κ1) is 12.6. The third kappa shape index (κ3) is 1.98. The van der Waals surface area contributed by atoms with E-state index in [0.717, 1.165) is 5.69 Å². The van der Waals surface area contributed by atoms with Crippen molar-refractivity contribution in [1.82, 2.24) is 20.0 Å². The molecule has 1 fully saturated rings. The molecule has 1 N–H and O–H groups in total. The Labute approximate surface area is 106 Å². The Bertz CT molecular complexity index is 468. The van der Waals surface area contributed by atoms with Gasteiger partial charge in [0.1, 0.15) is 0 Å². The van der Waals surface area contributed by atoms with Crippen molar-refractivity contribution in [2.24, 2.45) is 13.0 Å². The summed E-state index contributed by atoms with van der Waals surface area (Å²) >= 11 is 0. The molecule has 0 unspecified atom stereocenters. The Morgan fingerprint density at radius 3 is 2.78 bits per heavy atom. The molecular formula is C12H18N4O2. The van der Waals surface area contributed by atoms with Crippen LogP contribution in [-0.4, -0.2) is 40.6 Å². The van der Waals surface area contributed by atoms with E-state index in [9.17, 15) is 9.59 Å². The number of carbonyl (C=O) groups is 2.